The number of rotatable bonds is 4. The first-order valence-electron chi connectivity index (χ1n) is 2.87. The van der Waals surface area contributed by atoms with Gasteiger partial charge in [-0.25, -0.2) is 0 Å². The Hall–Kier alpha value is -1.07. The second kappa shape index (κ2) is 3.95. The fraction of sp³-hybridized carbons (Fsp3) is 0.500. The molecule has 0 radical (unpaired) electrons. The van der Waals surface area contributed by atoms with Crippen LogP contribution in [-0.4, -0.2) is 40.3 Å². The van der Waals surface area contributed by atoms with E-state index >= 15 is 0 Å². The van der Waals surface area contributed by atoms with E-state index in [0.717, 1.165) is 6.92 Å². The molecule has 0 heterocycles. The van der Waals surface area contributed by atoms with Gasteiger partial charge in [0.15, 0.2) is 18.2 Å². The predicted octanol–water partition coefficient (Wildman–Crippen LogP) is -1.93. The molecular weight excluding hydrogens is 152 g/mol. The van der Waals surface area contributed by atoms with E-state index in [2.05, 4.69) is 0 Å². The lowest BCUT2D eigenvalue weighted by molar-refractivity contribution is -0.146. The van der Waals surface area contributed by atoms with E-state index < -0.39 is 23.8 Å². The van der Waals surface area contributed by atoms with Gasteiger partial charge in [-0.2, -0.15) is 0 Å². The molecule has 0 aromatic carbocycles. The number of aliphatic hydroxyl groups excluding tert-OH is 2. The number of carbonyl (C=O) groups is 3. The van der Waals surface area contributed by atoms with Gasteiger partial charge >= 0.3 is 0 Å². The first-order chi connectivity index (χ1) is 5.00. The first kappa shape index (κ1) is 9.93. The Kier molecular flexibility index (Phi) is 3.56. The molecule has 0 bridgehead atoms. The maximum Gasteiger partial charge on any atom is 0.229 e. The van der Waals surface area contributed by atoms with Gasteiger partial charge in [-0.05, 0) is 0 Å². The number of carbonyl (C=O) groups excluding carboxylic acids is 3. The molecule has 0 spiro atoms. The van der Waals surface area contributed by atoms with Gasteiger partial charge in [-0.15, -0.1) is 0 Å². The van der Waals surface area contributed by atoms with Crippen LogP contribution in [0.3, 0.4) is 0 Å². The zero-order valence-electron chi connectivity index (χ0n) is 5.85. The van der Waals surface area contributed by atoms with Crippen molar-refractivity contribution in [3.63, 3.8) is 0 Å². The smallest absolute Gasteiger partial charge is 0.229 e. The summed E-state index contributed by atoms with van der Waals surface area (Å²) in [7, 11) is 0. The van der Waals surface area contributed by atoms with Gasteiger partial charge < -0.3 is 15.0 Å². The lowest BCUT2D eigenvalue weighted by Gasteiger charge is -2.07. The van der Waals surface area contributed by atoms with Gasteiger partial charge in [-0.1, -0.05) is 0 Å². The van der Waals surface area contributed by atoms with Gasteiger partial charge in [0.25, 0.3) is 0 Å². The van der Waals surface area contributed by atoms with E-state index in [1.807, 2.05) is 0 Å². The number of aliphatic hydroxyl groups is 2. The van der Waals surface area contributed by atoms with Gasteiger partial charge in [0, 0.05) is 6.92 Å². The molecular formula is C6H8O5. The monoisotopic (exact) mass is 160 g/mol. The van der Waals surface area contributed by atoms with Crippen LogP contribution in [0.1, 0.15) is 6.92 Å². The van der Waals surface area contributed by atoms with E-state index in [9.17, 15) is 14.4 Å². The summed E-state index contributed by atoms with van der Waals surface area (Å²) in [6.07, 6.45) is -3.75. The Balaban J connectivity index is 4.24. The summed E-state index contributed by atoms with van der Waals surface area (Å²) in [6.45, 7) is 0.947. The lowest BCUT2D eigenvalue weighted by atomic mass is 10.1. The van der Waals surface area contributed by atoms with Crippen LogP contribution in [0.4, 0.5) is 0 Å². The summed E-state index contributed by atoms with van der Waals surface area (Å²) < 4.78 is 0. The zero-order chi connectivity index (χ0) is 9.02. The highest BCUT2D eigenvalue weighted by molar-refractivity contribution is 6.38. The molecule has 0 aliphatic heterocycles. The molecule has 0 aromatic rings. The maximum atomic E-state index is 10.5. The van der Waals surface area contributed by atoms with Crippen LogP contribution in [0.15, 0.2) is 0 Å². The van der Waals surface area contributed by atoms with Crippen molar-refractivity contribution in [2.75, 3.05) is 0 Å². The molecule has 0 fully saturated rings. The highest BCUT2D eigenvalue weighted by Crippen LogP contribution is 1.92. The Bertz CT molecular complexity index is 185. The highest BCUT2D eigenvalue weighted by Gasteiger charge is 2.26. The van der Waals surface area contributed by atoms with Gasteiger partial charge in [0.2, 0.25) is 5.78 Å². The normalized spacial score (nSPS) is 15.2. The molecule has 0 aliphatic rings. The summed E-state index contributed by atoms with van der Waals surface area (Å²) in [4.78, 5) is 30.6. The molecule has 2 N–H and O–H groups in total. The van der Waals surface area contributed by atoms with Gasteiger partial charge in [0.05, 0.1) is 0 Å². The van der Waals surface area contributed by atoms with Crippen molar-refractivity contribution in [3.8, 4) is 0 Å². The number of hydrogen-bond donors (Lipinski definition) is 2. The molecule has 0 saturated heterocycles. The predicted molar refractivity (Wildman–Crippen MR) is 33.8 cm³/mol. The summed E-state index contributed by atoms with van der Waals surface area (Å²) in [6, 6.07) is 0. The molecule has 11 heavy (non-hydrogen) atoms. The largest absolute Gasteiger partial charge is 0.382 e. The third kappa shape index (κ3) is 2.57. The Morgan fingerprint density at radius 1 is 1.36 bits per heavy atom. The van der Waals surface area contributed by atoms with Gasteiger partial charge in [0.1, 0.15) is 6.10 Å². The number of aldehydes is 1. The highest BCUT2D eigenvalue weighted by atomic mass is 16.3. The fourth-order valence-electron chi connectivity index (χ4n) is 0.438. The van der Waals surface area contributed by atoms with E-state index in [-0.39, 0.29) is 6.29 Å². The molecule has 2 unspecified atom stereocenters. The van der Waals surface area contributed by atoms with E-state index in [1.54, 1.807) is 0 Å². The SMILES string of the molecule is CC(=O)C(=O)C(O)C(O)C=O. The molecule has 5 heteroatoms. The topological polar surface area (TPSA) is 91.7 Å². The third-order valence-corrected chi connectivity index (χ3v) is 1.08. The molecule has 0 amide bonds. The van der Waals surface area contributed by atoms with Gasteiger partial charge in [-0.3, -0.25) is 9.59 Å². The van der Waals surface area contributed by atoms with Crippen LogP contribution in [0.5, 0.6) is 0 Å². The Morgan fingerprint density at radius 2 is 1.82 bits per heavy atom. The standard InChI is InChI=1S/C6H8O5/c1-3(8)5(10)6(11)4(9)2-7/h2,4,6,9,11H,1H3. The molecule has 0 aliphatic carbocycles. The van der Waals surface area contributed by atoms with Crippen molar-refractivity contribution < 1.29 is 24.6 Å². The molecule has 62 valence electrons. The lowest BCUT2D eigenvalue weighted by Crippen LogP contribution is -2.38. The average Bonchev–Trinajstić information content (AvgIpc) is 2.00. The maximum absolute atomic E-state index is 10.5. The third-order valence-electron chi connectivity index (χ3n) is 1.08. The zero-order valence-corrected chi connectivity index (χ0v) is 5.85. The van der Waals surface area contributed by atoms with Crippen molar-refractivity contribution in [1.82, 2.24) is 0 Å². The summed E-state index contributed by atoms with van der Waals surface area (Å²) in [5.41, 5.74) is 0. The molecule has 0 saturated carbocycles. The second-order valence-electron chi connectivity index (χ2n) is 1.99. The molecule has 0 aromatic heterocycles. The van der Waals surface area contributed by atoms with E-state index in [0.29, 0.717) is 0 Å². The summed E-state index contributed by atoms with van der Waals surface area (Å²) in [5.74, 6) is -2.05. The molecule has 5 nitrogen and oxygen atoms in total. The van der Waals surface area contributed by atoms with Crippen molar-refractivity contribution >= 4 is 17.9 Å². The average molecular weight is 160 g/mol. The second-order valence-corrected chi connectivity index (χ2v) is 1.99. The summed E-state index contributed by atoms with van der Waals surface area (Å²) >= 11 is 0. The molecule has 2 atom stereocenters. The fourth-order valence-corrected chi connectivity index (χ4v) is 0.438. The van der Waals surface area contributed by atoms with Crippen LogP contribution in [-0.2, 0) is 14.4 Å². The minimum Gasteiger partial charge on any atom is -0.382 e. The minimum absolute atomic E-state index is 0.00843. The minimum atomic E-state index is -1.93. The number of Topliss-reactive ketones (excluding diaryl/α,β-unsaturated/α-hetero) is 2. The molecule has 0 rings (SSSR count). The van der Waals surface area contributed by atoms with E-state index in [4.69, 9.17) is 10.2 Å². The van der Waals surface area contributed by atoms with Crippen LogP contribution in [0.25, 0.3) is 0 Å². The van der Waals surface area contributed by atoms with Crippen LogP contribution >= 0.6 is 0 Å². The summed E-state index contributed by atoms with van der Waals surface area (Å²) in [5, 5.41) is 17.3. The van der Waals surface area contributed by atoms with Crippen LogP contribution < -0.4 is 0 Å². The Morgan fingerprint density at radius 3 is 2.09 bits per heavy atom. The van der Waals surface area contributed by atoms with Crippen LogP contribution in [0, 0.1) is 0 Å². The van der Waals surface area contributed by atoms with Crippen LogP contribution in [0.2, 0.25) is 0 Å². The number of hydrogen-bond acceptors (Lipinski definition) is 5. The first-order valence-corrected chi connectivity index (χ1v) is 2.87. The van der Waals surface area contributed by atoms with Crippen molar-refractivity contribution in [2.24, 2.45) is 0 Å². The van der Waals surface area contributed by atoms with Crippen molar-refractivity contribution in [2.45, 2.75) is 19.1 Å². The van der Waals surface area contributed by atoms with Crippen molar-refractivity contribution in [1.29, 1.82) is 0 Å². The van der Waals surface area contributed by atoms with Crippen molar-refractivity contribution in [3.05, 3.63) is 0 Å². The Labute approximate surface area is 62.6 Å². The quantitative estimate of drug-likeness (QED) is 0.369. The van der Waals surface area contributed by atoms with E-state index in [1.165, 1.54) is 0 Å². The number of ketones is 2.